The first-order valence-corrected chi connectivity index (χ1v) is 5.88. The van der Waals surface area contributed by atoms with Crippen LogP contribution < -0.4 is 0 Å². The molecule has 16 heavy (non-hydrogen) atoms. The van der Waals surface area contributed by atoms with Gasteiger partial charge in [-0.25, -0.2) is 0 Å². The van der Waals surface area contributed by atoms with Gasteiger partial charge in [0.2, 0.25) is 5.91 Å². The molecular formula is C13H18ClNO. The summed E-state index contributed by atoms with van der Waals surface area (Å²) in [6.07, 6.45) is 1.32. The Hall–Kier alpha value is -1.02. The number of aryl methyl sites for hydroxylation is 1. The van der Waals surface area contributed by atoms with E-state index in [0.717, 1.165) is 17.0 Å². The zero-order valence-electron chi connectivity index (χ0n) is 10.0. The minimum atomic E-state index is 0.185. The van der Waals surface area contributed by atoms with Gasteiger partial charge in [0.1, 0.15) is 0 Å². The van der Waals surface area contributed by atoms with Crippen LogP contribution in [-0.2, 0) is 11.2 Å². The monoisotopic (exact) mass is 239 g/mol. The zero-order valence-corrected chi connectivity index (χ0v) is 10.8. The van der Waals surface area contributed by atoms with Crippen molar-refractivity contribution < 1.29 is 4.79 Å². The SMILES string of the molecule is CC(C)N(C)C(=O)CCc1ccc(Cl)cc1. The van der Waals surface area contributed by atoms with E-state index in [1.807, 2.05) is 45.2 Å². The molecule has 0 spiro atoms. The van der Waals surface area contributed by atoms with Gasteiger partial charge in [0.15, 0.2) is 0 Å². The summed E-state index contributed by atoms with van der Waals surface area (Å²) in [7, 11) is 1.84. The van der Waals surface area contributed by atoms with Gasteiger partial charge in [-0.05, 0) is 38.0 Å². The Kier molecular flexibility index (Phi) is 4.81. The van der Waals surface area contributed by atoms with Gasteiger partial charge in [-0.1, -0.05) is 23.7 Å². The lowest BCUT2D eigenvalue weighted by Gasteiger charge is -2.21. The number of hydrogen-bond donors (Lipinski definition) is 0. The summed E-state index contributed by atoms with van der Waals surface area (Å²) in [4.78, 5) is 13.5. The van der Waals surface area contributed by atoms with E-state index in [2.05, 4.69) is 0 Å². The van der Waals surface area contributed by atoms with Crippen molar-refractivity contribution in [3.63, 3.8) is 0 Å². The third-order valence-corrected chi connectivity index (χ3v) is 2.96. The summed E-state index contributed by atoms with van der Waals surface area (Å²) >= 11 is 5.79. The second-order valence-electron chi connectivity index (χ2n) is 4.22. The van der Waals surface area contributed by atoms with Crippen LogP contribution in [0.1, 0.15) is 25.8 Å². The molecule has 0 aromatic heterocycles. The maximum atomic E-state index is 11.7. The molecular weight excluding hydrogens is 222 g/mol. The maximum Gasteiger partial charge on any atom is 0.222 e. The minimum Gasteiger partial charge on any atom is -0.343 e. The molecule has 0 aliphatic heterocycles. The number of benzene rings is 1. The number of nitrogens with zero attached hydrogens (tertiary/aromatic N) is 1. The molecule has 0 aliphatic carbocycles. The molecule has 2 nitrogen and oxygen atoms in total. The molecule has 0 N–H and O–H groups in total. The molecule has 0 fully saturated rings. The predicted molar refractivity (Wildman–Crippen MR) is 67.7 cm³/mol. The zero-order chi connectivity index (χ0) is 12.1. The summed E-state index contributed by atoms with van der Waals surface area (Å²) in [5.41, 5.74) is 1.15. The van der Waals surface area contributed by atoms with Crippen molar-refractivity contribution in [3.05, 3.63) is 34.9 Å². The van der Waals surface area contributed by atoms with Gasteiger partial charge < -0.3 is 4.90 Å². The fraction of sp³-hybridized carbons (Fsp3) is 0.462. The van der Waals surface area contributed by atoms with Gasteiger partial charge in [0, 0.05) is 24.5 Å². The second kappa shape index (κ2) is 5.90. The van der Waals surface area contributed by atoms with Crippen LogP contribution in [0.3, 0.4) is 0 Å². The van der Waals surface area contributed by atoms with Gasteiger partial charge in [0.05, 0.1) is 0 Å². The Labute approximate surface area is 102 Å². The Morgan fingerprint density at radius 1 is 1.31 bits per heavy atom. The molecule has 0 radical (unpaired) electrons. The molecule has 0 saturated carbocycles. The highest BCUT2D eigenvalue weighted by molar-refractivity contribution is 6.30. The summed E-state index contributed by atoms with van der Waals surface area (Å²) in [6.45, 7) is 4.03. The molecule has 1 aromatic carbocycles. The van der Waals surface area contributed by atoms with E-state index in [4.69, 9.17) is 11.6 Å². The number of amides is 1. The van der Waals surface area contributed by atoms with Crippen LogP contribution in [0.2, 0.25) is 5.02 Å². The van der Waals surface area contributed by atoms with Crippen molar-refractivity contribution in [1.29, 1.82) is 0 Å². The molecule has 0 aliphatic rings. The van der Waals surface area contributed by atoms with Gasteiger partial charge in [0.25, 0.3) is 0 Å². The van der Waals surface area contributed by atoms with Crippen LogP contribution in [0.5, 0.6) is 0 Å². The quantitative estimate of drug-likeness (QED) is 0.791. The summed E-state index contributed by atoms with van der Waals surface area (Å²) < 4.78 is 0. The van der Waals surface area contributed by atoms with Crippen LogP contribution in [0.25, 0.3) is 0 Å². The van der Waals surface area contributed by atoms with Gasteiger partial charge in [-0.15, -0.1) is 0 Å². The number of rotatable bonds is 4. The summed E-state index contributed by atoms with van der Waals surface area (Å²) in [6, 6.07) is 7.90. The molecule has 1 amide bonds. The number of carbonyl (C=O) groups is 1. The predicted octanol–water partition coefficient (Wildman–Crippen LogP) is 3.14. The van der Waals surface area contributed by atoms with Crippen LogP contribution in [0, 0.1) is 0 Å². The van der Waals surface area contributed by atoms with Crippen LogP contribution in [-0.4, -0.2) is 23.9 Å². The van der Waals surface area contributed by atoms with Crippen molar-refractivity contribution in [2.45, 2.75) is 32.7 Å². The fourth-order valence-electron chi connectivity index (χ4n) is 1.37. The highest BCUT2D eigenvalue weighted by Gasteiger charge is 2.11. The third kappa shape index (κ3) is 3.86. The van der Waals surface area contributed by atoms with E-state index in [1.165, 1.54) is 0 Å². The number of hydrogen-bond acceptors (Lipinski definition) is 1. The Morgan fingerprint density at radius 3 is 2.38 bits per heavy atom. The average molecular weight is 240 g/mol. The second-order valence-corrected chi connectivity index (χ2v) is 4.66. The summed E-state index contributed by atoms with van der Waals surface area (Å²) in [5, 5.41) is 0.731. The number of halogens is 1. The molecule has 0 atom stereocenters. The third-order valence-electron chi connectivity index (χ3n) is 2.71. The first-order valence-electron chi connectivity index (χ1n) is 5.51. The molecule has 0 unspecified atom stereocenters. The fourth-order valence-corrected chi connectivity index (χ4v) is 1.49. The van der Waals surface area contributed by atoms with Gasteiger partial charge >= 0.3 is 0 Å². The van der Waals surface area contributed by atoms with E-state index in [9.17, 15) is 4.79 Å². The standard InChI is InChI=1S/C13H18ClNO/c1-10(2)15(3)13(16)9-6-11-4-7-12(14)8-5-11/h4-5,7-8,10H,6,9H2,1-3H3. The molecule has 0 heterocycles. The van der Waals surface area contributed by atoms with Crippen LogP contribution in [0.4, 0.5) is 0 Å². The molecule has 88 valence electrons. The molecule has 1 rings (SSSR count). The van der Waals surface area contributed by atoms with Crippen molar-refractivity contribution in [3.8, 4) is 0 Å². The van der Waals surface area contributed by atoms with Crippen LogP contribution in [0.15, 0.2) is 24.3 Å². The Bertz CT molecular complexity index is 345. The largest absolute Gasteiger partial charge is 0.343 e. The van der Waals surface area contributed by atoms with Crippen molar-refractivity contribution >= 4 is 17.5 Å². The lowest BCUT2D eigenvalue weighted by molar-refractivity contribution is -0.131. The smallest absolute Gasteiger partial charge is 0.222 e. The van der Waals surface area contributed by atoms with E-state index in [1.54, 1.807) is 4.90 Å². The van der Waals surface area contributed by atoms with Gasteiger partial charge in [-0.2, -0.15) is 0 Å². The molecule has 1 aromatic rings. The topological polar surface area (TPSA) is 20.3 Å². The highest BCUT2D eigenvalue weighted by Crippen LogP contribution is 2.11. The summed E-state index contributed by atoms with van der Waals surface area (Å²) in [5.74, 6) is 0.185. The number of carbonyl (C=O) groups excluding carboxylic acids is 1. The van der Waals surface area contributed by atoms with E-state index < -0.39 is 0 Å². The van der Waals surface area contributed by atoms with Crippen molar-refractivity contribution in [1.82, 2.24) is 4.90 Å². The first-order chi connectivity index (χ1) is 7.50. The van der Waals surface area contributed by atoms with Crippen molar-refractivity contribution in [2.24, 2.45) is 0 Å². The average Bonchev–Trinajstić information content (AvgIpc) is 2.26. The highest BCUT2D eigenvalue weighted by atomic mass is 35.5. The van der Waals surface area contributed by atoms with Crippen molar-refractivity contribution in [2.75, 3.05) is 7.05 Å². The lowest BCUT2D eigenvalue weighted by Crippen LogP contribution is -2.33. The van der Waals surface area contributed by atoms with E-state index in [0.29, 0.717) is 6.42 Å². The maximum absolute atomic E-state index is 11.7. The Morgan fingerprint density at radius 2 is 1.88 bits per heavy atom. The van der Waals surface area contributed by atoms with E-state index in [-0.39, 0.29) is 11.9 Å². The lowest BCUT2D eigenvalue weighted by atomic mass is 10.1. The van der Waals surface area contributed by atoms with Crippen LogP contribution >= 0.6 is 11.6 Å². The first kappa shape index (κ1) is 13.0. The minimum absolute atomic E-state index is 0.185. The Balaban J connectivity index is 2.46. The molecule has 0 saturated heterocycles. The normalized spacial score (nSPS) is 10.6. The molecule has 0 bridgehead atoms. The molecule has 3 heteroatoms. The van der Waals surface area contributed by atoms with Gasteiger partial charge in [-0.3, -0.25) is 4.79 Å². The van der Waals surface area contributed by atoms with E-state index >= 15 is 0 Å².